The van der Waals surface area contributed by atoms with Gasteiger partial charge in [0.1, 0.15) is 17.6 Å². The summed E-state index contributed by atoms with van der Waals surface area (Å²) in [6.07, 6.45) is 2.79. The average molecular weight is 705 g/mol. The van der Waals surface area contributed by atoms with E-state index in [1.165, 1.54) is 0 Å². The van der Waals surface area contributed by atoms with Gasteiger partial charge < -0.3 is 29.4 Å². The first-order valence-electron chi connectivity index (χ1n) is 16.5. The number of carbonyl (C=O) groups is 2. The van der Waals surface area contributed by atoms with Crippen LogP contribution in [0.3, 0.4) is 0 Å². The number of nitrogens with one attached hydrogen (secondary N) is 1. The van der Waals surface area contributed by atoms with Crippen LogP contribution in [0.15, 0.2) is 48.5 Å². The minimum Gasteiger partial charge on any atom is -0.496 e. The molecule has 3 aromatic carbocycles. The van der Waals surface area contributed by atoms with Crippen LogP contribution in [-0.4, -0.2) is 70.1 Å². The number of nitrogens with zero attached hydrogens (tertiary/aromatic N) is 4. The van der Waals surface area contributed by atoms with Gasteiger partial charge in [0.15, 0.2) is 5.82 Å². The van der Waals surface area contributed by atoms with Gasteiger partial charge in [-0.25, -0.2) is 4.98 Å². The second-order valence-corrected chi connectivity index (χ2v) is 14.0. The number of halogens is 2. The van der Waals surface area contributed by atoms with Crippen molar-refractivity contribution in [3.05, 3.63) is 92.5 Å². The zero-order valence-corrected chi connectivity index (χ0v) is 29.3. The maximum Gasteiger partial charge on any atom is 0.307 e. The molecule has 0 radical (unpaired) electrons. The van der Waals surface area contributed by atoms with Gasteiger partial charge in [-0.2, -0.15) is 0 Å². The molecule has 7 rings (SSSR count). The zero-order valence-electron chi connectivity index (χ0n) is 27.8. The van der Waals surface area contributed by atoms with Crippen LogP contribution in [0.25, 0.3) is 11.1 Å². The van der Waals surface area contributed by atoms with E-state index in [0.29, 0.717) is 59.1 Å². The second kappa shape index (κ2) is 13.7. The molecular weight excluding hydrogens is 665 g/mol. The first-order valence-corrected chi connectivity index (χ1v) is 17.3. The SMILES string of the molecule is COc1cc(OC2CCc3c(-c4cccc(NC(=O)c5nc6c(n5C)CCN(C)C6)c4Cl)cccc32)c(Cl)cc1CN1CCC(C(=O)O)C1. The van der Waals surface area contributed by atoms with Gasteiger partial charge in [0.2, 0.25) is 0 Å². The minimum absolute atomic E-state index is 0.229. The van der Waals surface area contributed by atoms with Gasteiger partial charge in [0.25, 0.3) is 5.91 Å². The number of amides is 1. The minimum atomic E-state index is -0.759. The number of aliphatic carboxylic acids is 1. The van der Waals surface area contributed by atoms with E-state index in [4.69, 9.17) is 32.7 Å². The molecule has 0 bridgehead atoms. The lowest BCUT2D eigenvalue weighted by molar-refractivity contribution is -0.141. The Balaban J connectivity index is 1.10. The number of hydrogen-bond acceptors (Lipinski definition) is 7. The van der Waals surface area contributed by atoms with Gasteiger partial charge in [0.05, 0.1) is 34.5 Å². The number of likely N-dealkylation sites (tertiary alicyclic amines) is 1. The van der Waals surface area contributed by atoms with Crippen molar-refractivity contribution in [1.82, 2.24) is 19.4 Å². The topological polar surface area (TPSA) is 109 Å². The van der Waals surface area contributed by atoms with Crippen LogP contribution in [0.5, 0.6) is 11.5 Å². The second-order valence-electron chi connectivity index (χ2n) is 13.2. The Morgan fingerprint density at radius 3 is 2.59 bits per heavy atom. The zero-order chi connectivity index (χ0) is 34.4. The number of carboxylic acids is 1. The fourth-order valence-corrected chi connectivity index (χ4v) is 7.93. The van der Waals surface area contributed by atoms with Gasteiger partial charge in [0, 0.05) is 62.5 Å². The van der Waals surface area contributed by atoms with Crippen molar-refractivity contribution >= 4 is 40.8 Å². The Morgan fingerprint density at radius 1 is 1.02 bits per heavy atom. The molecule has 1 aromatic heterocycles. The van der Waals surface area contributed by atoms with E-state index in [-0.39, 0.29) is 17.9 Å². The van der Waals surface area contributed by atoms with Gasteiger partial charge in [-0.05, 0) is 61.7 Å². The molecule has 0 saturated carbocycles. The largest absolute Gasteiger partial charge is 0.496 e. The number of fused-ring (bicyclic) bond motifs is 2. The number of hydrogen-bond donors (Lipinski definition) is 2. The van der Waals surface area contributed by atoms with Crippen LogP contribution in [-0.2, 0) is 37.8 Å². The highest BCUT2D eigenvalue weighted by Crippen LogP contribution is 2.45. The number of rotatable bonds is 9. The van der Waals surface area contributed by atoms with Crippen molar-refractivity contribution in [3.8, 4) is 22.6 Å². The highest BCUT2D eigenvalue weighted by atomic mass is 35.5. The molecule has 2 aliphatic heterocycles. The fraction of sp³-hybridized carbons (Fsp3) is 0.378. The summed E-state index contributed by atoms with van der Waals surface area (Å²) in [6.45, 7) is 3.40. The van der Waals surface area contributed by atoms with Crippen LogP contribution in [0.2, 0.25) is 10.0 Å². The average Bonchev–Trinajstić information content (AvgIpc) is 3.81. The Labute approximate surface area is 295 Å². The normalized spacial score (nSPS) is 19.0. The van der Waals surface area contributed by atoms with Crippen molar-refractivity contribution in [2.45, 2.75) is 44.9 Å². The summed E-state index contributed by atoms with van der Waals surface area (Å²) in [4.78, 5) is 33.8. The highest BCUT2D eigenvalue weighted by molar-refractivity contribution is 6.36. The molecule has 1 aliphatic carbocycles. The van der Waals surface area contributed by atoms with Crippen molar-refractivity contribution in [2.75, 3.05) is 39.1 Å². The third-order valence-corrected chi connectivity index (χ3v) is 10.7. The predicted octanol–water partition coefficient (Wildman–Crippen LogP) is 6.62. The third kappa shape index (κ3) is 6.50. The summed E-state index contributed by atoms with van der Waals surface area (Å²) >= 11 is 13.8. The molecule has 2 unspecified atom stereocenters. The molecule has 256 valence electrons. The predicted molar refractivity (Wildman–Crippen MR) is 189 cm³/mol. The smallest absolute Gasteiger partial charge is 0.307 e. The number of ether oxygens (including phenoxy) is 2. The van der Waals surface area contributed by atoms with Crippen LogP contribution in [0.4, 0.5) is 5.69 Å². The van der Waals surface area contributed by atoms with Gasteiger partial charge >= 0.3 is 5.97 Å². The van der Waals surface area contributed by atoms with E-state index in [9.17, 15) is 14.7 Å². The van der Waals surface area contributed by atoms with Crippen molar-refractivity contribution in [3.63, 3.8) is 0 Å². The Morgan fingerprint density at radius 2 is 1.82 bits per heavy atom. The van der Waals surface area contributed by atoms with Crippen molar-refractivity contribution in [2.24, 2.45) is 13.0 Å². The highest BCUT2D eigenvalue weighted by Gasteiger charge is 2.31. The van der Waals surface area contributed by atoms with Crippen molar-refractivity contribution < 1.29 is 24.2 Å². The lowest BCUT2D eigenvalue weighted by Crippen LogP contribution is -2.27. The molecule has 2 atom stereocenters. The van der Waals surface area contributed by atoms with E-state index in [2.05, 4.69) is 39.3 Å². The first-order chi connectivity index (χ1) is 23.6. The molecule has 1 fully saturated rings. The summed E-state index contributed by atoms with van der Waals surface area (Å²) in [5, 5.41) is 13.3. The molecule has 49 heavy (non-hydrogen) atoms. The monoisotopic (exact) mass is 703 g/mol. The van der Waals surface area contributed by atoms with E-state index in [1.807, 2.05) is 48.0 Å². The Bertz CT molecular complexity index is 1940. The van der Waals surface area contributed by atoms with Crippen LogP contribution >= 0.6 is 23.2 Å². The summed E-state index contributed by atoms with van der Waals surface area (Å²) in [6, 6.07) is 15.5. The quantitative estimate of drug-likeness (QED) is 0.200. The lowest BCUT2D eigenvalue weighted by atomic mass is 9.96. The van der Waals surface area contributed by atoms with E-state index in [0.717, 1.165) is 71.6 Å². The number of anilines is 1. The number of likely N-dealkylation sites (N-methyl/N-ethyl adjacent to an activating group) is 1. The fourth-order valence-electron chi connectivity index (χ4n) is 7.42. The maximum atomic E-state index is 13.4. The molecule has 0 spiro atoms. The molecule has 2 N–H and O–H groups in total. The van der Waals surface area contributed by atoms with Crippen LogP contribution < -0.4 is 14.8 Å². The van der Waals surface area contributed by atoms with Gasteiger partial charge in [-0.15, -0.1) is 0 Å². The van der Waals surface area contributed by atoms with E-state index >= 15 is 0 Å². The van der Waals surface area contributed by atoms with Crippen molar-refractivity contribution in [1.29, 1.82) is 0 Å². The number of imidazole rings is 1. The third-order valence-electron chi connectivity index (χ3n) is 10.0. The number of carbonyl (C=O) groups excluding carboxylic acids is 1. The summed E-state index contributed by atoms with van der Waals surface area (Å²) in [5.74, 6) is 0.133. The van der Waals surface area contributed by atoms with Crippen LogP contribution in [0.1, 0.15) is 57.6 Å². The number of carboxylic acid groups (broad SMARTS) is 1. The first kappa shape index (κ1) is 33.4. The molecule has 10 nitrogen and oxygen atoms in total. The van der Waals surface area contributed by atoms with E-state index < -0.39 is 5.97 Å². The lowest BCUT2D eigenvalue weighted by Gasteiger charge is -2.21. The van der Waals surface area contributed by atoms with Gasteiger partial charge in [-0.3, -0.25) is 14.5 Å². The number of benzene rings is 3. The molecule has 12 heteroatoms. The maximum absolute atomic E-state index is 13.4. The number of methoxy groups -OCH3 is 1. The molecule has 1 amide bonds. The molecule has 4 aromatic rings. The Hall–Kier alpha value is -4.09. The molecule has 1 saturated heterocycles. The molecular formula is C37H39Cl2N5O5. The standard InChI is InChI=1S/C37H39Cl2N5O5/c1-42-14-13-30-29(20-42)40-35(43(30)2)36(45)41-28-9-5-8-26(34(28)39)23-6-4-7-25-24(23)10-11-31(25)49-33-17-32(48-3)22(16-27(33)38)19-44-15-12-21(18-44)37(46)47/h4-9,16-17,21,31H,10-15,18-20H2,1-3H3,(H,41,45)(H,46,47). The molecule has 3 aliphatic rings. The number of aromatic nitrogens is 2. The van der Waals surface area contributed by atoms with Gasteiger partial charge in [-0.1, -0.05) is 53.5 Å². The van der Waals surface area contributed by atoms with E-state index in [1.54, 1.807) is 7.11 Å². The summed E-state index contributed by atoms with van der Waals surface area (Å²) in [7, 11) is 5.55. The molecule has 3 heterocycles. The Kier molecular flexibility index (Phi) is 9.32. The van der Waals surface area contributed by atoms with Crippen LogP contribution in [0, 0.1) is 5.92 Å². The summed E-state index contributed by atoms with van der Waals surface area (Å²) in [5.41, 5.74) is 7.45. The summed E-state index contributed by atoms with van der Waals surface area (Å²) < 4.78 is 14.1.